The van der Waals surface area contributed by atoms with E-state index < -0.39 is 5.54 Å². The lowest BCUT2D eigenvalue weighted by Gasteiger charge is -2.20. The summed E-state index contributed by atoms with van der Waals surface area (Å²) in [7, 11) is 0. The van der Waals surface area contributed by atoms with Crippen LogP contribution < -0.4 is 5.73 Å². The first kappa shape index (κ1) is 11.9. The molecule has 0 fully saturated rings. The molecule has 1 aromatic heterocycles. The van der Waals surface area contributed by atoms with Gasteiger partial charge in [0.25, 0.3) is 0 Å². The van der Waals surface area contributed by atoms with Gasteiger partial charge in [0.15, 0.2) is 5.58 Å². The minimum atomic E-state index is -0.729. The quantitative estimate of drug-likeness (QED) is 0.760. The summed E-state index contributed by atoms with van der Waals surface area (Å²) in [6.45, 7) is 3.93. The zero-order chi connectivity index (χ0) is 13.5. The highest BCUT2D eigenvalue weighted by molar-refractivity contribution is 5.76. The van der Waals surface area contributed by atoms with Crippen LogP contribution in [0.15, 0.2) is 52.9 Å². The minimum Gasteiger partial charge on any atom is -0.438 e. The molecule has 3 aromatic rings. The van der Waals surface area contributed by atoms with Gasteiger partial charge < -0.3 is 10.2 Å². The Hall–Kier alpha value is -2.13. The molecule has 0 saturated heterocycles. The predicted octanol–water partition coefficient (Wildman–Crippen LogP) is 3.36. The molecule has 3 rings (SSSR count). The normalized spacial score (nSPS) is 14.5. The van der Waals surface area contributed by atoms with Gasteiger partial charge >= 0.3 is 0 Å². The molecular formula is C16H16N2O. The second kappa shape index (κ2) is 4.21. The van der Waals surface area contributed by atoms with Gasteiger partial charge in [-0.3, -0.25) is 0 Å². The first-order valence-corrected chi connectivity index (χ1v) is 6.30. The molecule has 0 bridgehead atoms. The number of para-hydroxylation sites is 1. The summed E-state index contributed by atoms with van der Waals surface area (Å²) in [5, 5.41) is 0. The topological polar surface area (TPSA) is 52.0 Å². The average molecular weight is 252 g/mol. The van der Waals surface area contributed by atoms with E-state index in [4.69, 9.17) is 10.2 Å². The Kier molecular flexibility index (Phi) is 2.64. The Labute approximate surface area is 112 Å². The van der Waals surface area contributed by atoms with Crippen molar-refractivity contribution in [2.24, 2.45) is 5.73 Å². The van der Waals surface area contributed by atoms with E-state index in [-0.39, 0.29) is 0 Å². The van der Waals surface area contributed by atoms with E-state index in [1.54, 1.807) is 0 Å². The Morgan fingerprint density at radius 3 is 2.47 bits per heavy atom. The van der Waals surface area contributed by atoms with Crippen molar-refractivity contribution >= 4 is 11.1 Å². The largest absolute Gasteiger partial charge is 0.438 e. The average Bonchev–Trinajstić information content (AvgIpc) is 2.86. The van der Waals surface area contributed by atoms with Crippen molar-refractivity contribution in [3.8, 4) is 0 Å². The molecule has 0 spiro atoms. The first-order valence-electron chi connectivity index (χ1n) is 6.30. The van der Waals surface area contributed by atoms with Crippen molar-refractivity contribution in [2.75, 3.05) is 0 Å². The summed E-state index contributed by atoms with van der Waals surface area (Å²) in [4.78, 5) is 4.53. The summed E-state index contributed by atoms with van der Waals surface area (Å²) < 4.78 is 5.88. The van der Waals surface area contributed by atoms with Crippen LogP contribution in [0.3, 0.4) is 0 Å². The van der Waals surface area contributed by atoms with E-state index in [1.165, 1.54) is 0 Å². The first-order chi connectivity index (χ1) is 9.09. The standard InChI is InChI=1S/C16H16N2O/c1-11-7-6-10-13-14(11)19-15(18-13)16(2,17)12-8-4-3-5-9-12/h3-10H,17H2,1-2H3. The van der Waals surface area contributed by atoms with Gasteiger partial charge in [0, 0.05) is 0 Å². The lowest BCUT2D eigenvalue weighted by Crippen LogP contribution is -2.34. The number of rotatable bonds is 2. The van der Waals surface area contributed by atoms with E-state index in [0.717, 1.165) is 22.2 Å². The van der Waals surface area contributed by atoms with Crippen LogP contribution >= 0.6 is 0 Å². The third-order valence-corrected chi connectivity index (χ3v) is 3.43. The van der Waals surface area contributed by atoms with Crippen LogP contribution in [-0.2, 0) is 5.54 Å². The molecule has 1 unspecified atom stereocenters. The second-order valence-corrected chi connectivity index (χ2v) is 5.01. The summed E-state index contributed by atoms with van der Waals surface area (Å²) in [6.07, 6.45) is 0. The van der Waals surface area contributed by atoms with Gasteiger partial charge in [0.2, 0.25) is 5.89 Å². The highest BCUT2D eigenvalue weighted by Gasteiger charge is 2.29. The Balaban J connectivity index is 2.16. The number of oxazole rings is 1. The molecule has 1 heterocycles. The van der Waals surface area contributed by atoms with E-state index in [9.17, 15) is 0 Å². The summed E-state index contributed by atoms with van der Waals surface area (Å²) >= 11 is 0. The number of fused-ring (bicyclic) bond motifs is 1. The molecule has 2 N–H and O–H groups in total. The van der Waals surface area contributed by atoms with Gasteiger partial charge in [-0.2, -0.15) is 0 Å². The van der Waals surface area contributed by atoms with E-state index in [1.807, 2.05) is 62.4 Å². The zero-order valence-electron chi connectivity index (χ0n) is 11.1. The summed E-state index contributed by atoms with van der Waals surface area (Å²) in [5.41, 5.74) is 9.40. The van der Waals surface area contributed by atoms with Crippen LogP contribution in [0, 0.1) is 6.92 Å². The third kappa shape index (κ3) is 1.92. The van der Waals surface area contributed by atoms with Gasteiger partial charge in [-0.25, -0.2) is 4.98 Å². The molecule has 2 aromatic carbocycles. The smallest absolute Gasteiger partial charge is 0.219 e. The lowest BCUT2D eigenvalue weighted by atomic mass is 9.93. The number of benzene rings is 2. The van der Waals surface area contributed by atoms with Crippen LogP contribution in [0.2, 0.25) is 0 Å². The Bertz CT molecular complexity index is 714. The number of hydrogen-bond acceptors (Lipinski definition) is 3. The fourth-order valence-corrected chi connectivity index (χ4v) is 2.22. The maximum absolute atomic E-state index is 6.42. The number of hydrogen-bond donors (Lipinski definition) is 1. The molecule has 0 aliphatic heterocycles. The SMILES string of the molecule is Cc1cccc2nc(C(C)(N)c3ccccc3)oc12. The molecule has 3 nitrogen and oxygen atoms in total. The molecule has 1 atom stereocenters. The molecule has 0 aliphatic rings. The second-order valence-electron chi connectivity index (χ2n) is 5.01. The van der Waals surface area contributed by atoms with Gasteiger partial charge in [-0.05, 0) is 31.0 Å². The Morgan fingerprint density at radius 2 is 1.79 bits per heavy atom. The van der Waals surface area contributed by atoms with Gasteiger partial charge in [-0.1, -0.05) is 42.5 Å². The summed E-state index contributed by atoms with van der Waals surface area (Å²) in [6, 6.07) is 15.8. The summed E-state index contributed by atoms with van der Waals surface area (Å²) in [5.74, 6) is 0.544. The number of aryl methyl sites for hydroxylation is 1. The van der Waals surface area contributed by atoms with Crippen molar-refractivity contribution in [1.82, 2.24) is 4.98 Å². The number of aromatic nitrogens is 1. The third-order valence-electron chi connectivity index (χ3n) is 3.43. The maximum Gasteiger partial charge on any atom is 0.219 e. The number of nitrogens with two attached hydrogens (primary N) is 1. The minimum absolute atomic E-state index is 0.544. The zero-order valence-corrected chi connectivity index (χ0v) is 11.1. The van der Waals surface area contributed by atoms with E-state index in [0.29, 0.717) is 5.89 Å². The highest BCUT2D eigenvalue weighted by atomic mass is 16.4. The lowest BCUT2D eigenvalue weighted by molar-refractivity contribution is 0.418. The van der Waals surface area contributed by atoms with Crippen LogP contribution in [0.25, 0.3) is 11.1 Å². The van der Waals surface area contributed by atoms with Crippen molar-refractivity contribution in [3.63, 3.8) is 0 Å². The fourth-order valence-electron chi connectivity index (χ4n) is 2.22. The predicted molar refractivity (Wildman–Crippen MR) is 75.8 cm³/mol. The Morgan fingerprint density at radius 1 is 1.05 bits per heavy atom. The molecule has 0 aliphatic carbocycles. The maximum atomic E-state index is 6.42. The molecule has 3 heteroatoms. The fraction of sp³-hybridized carbons (Fsp3) is 0.188. The molecular weight excluding hydrogens is 236 g/mol. The van der Waals surface area contributed by atoms with Crippen molar-refractivity contribution in [3.05, 3.63) is 65.5 Å². The highest BCUT2D eigenvalue weighted by Crippen LogP contribution is 2.29. The molecule has 96 valence electrons. The number of nitrogens with zero attached hydrogens (tertiary/aromatic N) is 1. The van der Waals surface area contributed by atoms with Crippen molar-refractivity contribution in [2.45, 2.75) is 19.4 Å². The van der Waals surface area contributed by atoms with E-state index in [2.05, 4.69) is 4.98 Å². The van der Waals surface area contributed by atoms with Crippen LogP contribution in [-0.4, -0.2) is 4.98 Å². The van der Waals surface area contributed by atoms with Gasteiger partial charge in [0.05, 0.1) is 0 Å². The van der Waals surface area contributed by atoms with Crippen LogP contribution in [0.5, 0.6) is 0 Å². The molecule has 19 heavy (non-hydrogen) atoms. The molecule has 0 radical (unpaired) electrons. The van der Waals surface area contributed by atoms with Gasteiger partial charge in [-0.15, -0.1) is 0 Å². The molecule has 0 saturated carbocycles. The van der Waals surface area contributed by atoms with Crippen molar-refractivity contribution < 1.29 is 4.42 Å². The van der Waals surface area contributed by atoms with Crippen molar-refractivity contribution in [1.29, 1.82) is 0 Å². The van der Waals surface area contributed by atoms with Crippen LogP contribution in [0.1, 0.15) is 23.9 Å². The van der Waals surface area contributed by atoms with Gasteiger partial charge in [0.1, 0.15) is 11.1 Å². The monoisotopic (exact) mass is 252 g/mol. The van der Waals surface area contributed by atoms with E-state index >= 15 is 0 Å². The molecule has 0 amide bonds. The van der Waals surface area contributed by atoms with Crippen LogP contribution in [0.4, 0.5) is 0 Å².